The number of aryl methyl sites for hydroxylation is 1. The molecule has 1 atom stereocenters. The Balaban J connectivity index is 2.32. The third kappa shape index (κ3) is 2.87. The largest absolute Gasteiger partial charge is 0.439 e. The van der Waals surface area contributed by atoms with E-state index < -0.39 is 0 Å². The summed E-state index contributed by atoms with van der Waals surface area (Å²) in [5, 5.41) is 0.538. The maximum atomic E-state index is 13.1. The van der Waals surface area contributed by atoms with Crippen LogP contribution in [0, 0.1) is 12.7 Å². The third-order valence-electron chi connectivity index (χ3n) is 2.26. The smallest absolute Gasteiger partial charge is 0.260 e. The normalized spacial score (nSPS) is 12.7. The molecule has 0 bridgehead atoms. The SMILES string of the molecule is Cc1coc(Sc2ccc(F)cc2[C@H](C)N)n1. The topological polar surface area (TPSA) is 52.0 Å². The molecule has 2 N–H and O–H groups in total. The van der Waals surface area contributed by atoms with E-state index in [1.54, 1.807) is 12.3 Å². The van der Waals surface area contributed by atoms with Crippen molar-refractivity contribution in [2.75, 3.05) is 0 Å². The summed E-state index contributed by atoms with van der Waals surface area (Å²) in [7, 11) is 0. The predicted octanol–water partition coefficient (Wildman–Crippen LogP) is 3.29. The van der Waals surface area contributed by atoms with Crippen LogP contribution in [0.15, 0.2) is 39.0 Å². The molecule has 0 radical (unpaired) electrons. The van der Waals surface area contributed by atoms with Crippen molar-refractivity contribution in [3.05, 3.63) is 41.5 Å². The van der Waals surface area contributed by atoms with E-state index in [0.717, 1.165) is 16.2 Å². The minimum Gasteiger partial charge on any atom is -0.439 e. The Morgan fingerprint density at radius 1 is 1.47 bits per heavy atom. The predicted molar refractivity (Wildman–Crippen MR) is 64.4 cm³/mol. The summed E-state index contributed by atoms with van der Waals surface area (Å²) < 4.78 is 18.4. The zero-order valence-electron chi connectivity index (χ0n) is 9.61. The first-order chi connectivity index (χ1) is 8.06. The molecule has 2 aromatic rings. The molecule has 5 heteroatoms. The highest BCUT2D eigenvalue weighted by atomic mass is 32.2. The number of hydrogen-bond acceptors (Lipinski definition) is 4. The van der Waals surface area contributed by atoms with Crippen molar-refractivity contribution in [3.63, 3.8) is 0 Å². The highest BCUT2D eigenvalue weighted by Gasteiger charge is 2.12. The molecule has 0 amide bonds. The van der Waals surface area contributed by atoms with Gasteiger partial charge in [0.2, 0.25) is 0 Å². The lowest BCUT2D eigenvalue weighted by atomic mass is 10.1. The van der Waals surface area contributed by atoms with Gasteiger partial charge in [0.05, 0.1) is 5.69 Å². The molecular formula is C12H13FN2OS. The molecule has 0 aliphatic rings. The first-order valence-electron chi connectivity index (χ1n) is 5.21. The Bertz CT molecular complexity index is 525. The van der Waals surface area contributed by atoms with Gasteiger partial charge >= 0.3 is 0 Å². The van der Waals surface area contributed by atoms with Gasteiger partial charge < -0.3 is 10.2 Å². The van der Waals surface area contributed by atoms with Crippen LogP contribution >= 0.6 is 11.8 Å². The molecule has 17 heavy (non-hydrogen) atoms. The van der Waals surface area contributed by atoms with Crippen LogP contribution in [0.4, 0.5) is 4.39 Å². The van der Waals surface area contributed by atoms with Crippen LogP contribution in [0.5, 0.6) is 0 Å². The van der Waals surface area contributed by atoms with Gasteiger partial charge in [-0.05, 0) is 49.4 Å². The number of aromatic nitrogens is 1. The van der Waals surface area contributed by atoms with Gasteiger partial charge in [-0.2, -0.15) is 0 Å². The standard InChI is InChI=1S/C12H13FN2OS/c1-7-6-16-12(15-7)17-11-4-3-9(13)5-10(11)8(2)14/h3-6,8H,14H2,1-2H3/t8-/m0/s1. The average molecular weight is 252 g/mol. The maximum absolute atomic E-state index is 13.1. The van der Waals surface area contributed by atoms with Crippen molar-refractivity contribution in [3.8, 4) is 0 Å². The van der Waals surface area contributed by atoms with E-state index in [-0.39, 0.29) is 11.9 Å². The lowest BCUT2D eigenvalue weighted by Crippen LogP contribution is -2.06. The molecule has 0 saturated heterocycles. The number of nitrogens with zero attached hydrogens (tertiary/aromatic N) is 1. The summed E-state index contributed by atoms with van der Waals surface area (Å²) in [6, 6.07) is 4.31. The van der Waals surface area contributed by atoms with E-state index in [9.17, 15) is 4.39 Å². The zero-order chi connectivity index (χ0) is 12.4. The molecule has 1 heterocycles. The molecule has 0 saturated carbocycles. The fourth-order valence-corrected chi connectivity index (χ4v) is 2.41. The molecule has 90 valence electrons. The van der Waals surface area contributed by atoms with Gasteiger partial charge in [0.1, 0.15) is 12.1 Å². The quantitative estimate of drug-likeness (QED) is 0.910. The third-order valence-corrected chi connectivity index (χ3v) is 3.21. The van der Waals surface area contributed by atoms with Gasteiger partial charge in [0.25, 0.3) is 5.22 Å². The van der Waals surface area contributed by atoms with Crippen LogP contribution in [0.1, 0.15) is 24.2 Å². The summed E-state index contributed by atoms with van der Waals surface area (Å²) in [6.07, 6.45) is 1.58. The highest BCUT2D eigenvalue weighted by molar-refractivity contribution is 7.99. The Morgan fingerprint density at radius 3 is 2.82 bits per heavy atom. The van der Waals surface area contributed by atoms with E-state index in [4.69, 9.17) is 10.2 Å². The molecular weight excluding hydrogens is 239 g/mol. The summed E-state index contributed by atoms with van der Waals surface area (Å²) in [5.41, 5.74) is 7.38. The van der Waals surface area contributed by atoms with Gasteiger partial charge in [-0.3, -0.25) is 0 Å². The molecule has 0 spiro atoms. The van der Waals surface area contributed by atoms with Gasteiger partial charge in [0, 0.05) is 10.9 Å². The number of oxazole rings is 1. The van der Waals surface area contributed by atoms with E-state index in [2.05, 4.69) is 4.98 Å². The van der Waals surface area contributed by atoms with Gasteiger partial charge in [0.15, 0.2) is 0 Å². The first-order valence-corrected chi connectivity index (χ1v) is 6.03. The van der Waals surface area contributed by atoms with Crippen molar-refractivity contribution in [2.45, 2.75) is 30.0 Å². The van der Waals surface area contributed by atoms with Crippen LogP contribution in [0.3, 0.4) is 0 Å². The van der Waals surface area contributed by atoms with E-state index >= 15 is 0 Å². The molecule has 0 aliphatic heterocycles. The molecule has 3 nitrogen and oxygen atoms in total. The van der Waals surface area contributed by atoms with Crippen LogP contribution < -0.4 is 5.73 Å². The van der Waals surface area contributed by atoms with Gasteiger partial charge in [-0.25, -0.2) is 9.37 Å². The first kappa shape index (κ1) is 12.1. The molecule has 0 fully saturated rings. The number of hydrogen-bond donors (Lipinski definition) is 1. The second-order valence-corrected chi connectivity index (χ2v) is 4.82. The van der Waals surface area contributed by atoms with Crippen LogP contribution in [0.2, 0.25) is 0 Å². The molecule has 0 aliphatic carbocycles. The van der Waals surface area contributed by atoms with Crippen LogP contribution in [-0.2, 0) is 0 Å². The lowest BCUT2D eigenvalue weighted by molar-refractivity contribution is 0.454. The Morgan fingerprint density at radius 2 is 2.24 bits per heavy atom. The van der Waals surface area contributed by atoms with Crippen molar-refractivity contribution in [1.29, 1.82) is 0 Å². The maximum Gasteiger partial charge on any atom is 0.260 e. The Kier molecular flexibility index (Phi) is 3.49. The summed E-state index contributed by atoms with van der Waals surface area (Å²) in [6.45, 7) is 3.67. The van der Waals surface area contributed by atoms with E-state index in [1.807, 2.05) is 13.8 Å². The Labute approximate surface area is 103 Å². The Hall–Kier alpha value is -1.33. The summed E-state index contributed by atoms with van der Waals surface area (Å²) >= 11 is 1.35. The van der Waals surface area contributed by atoms with Crippen molar-refractivity contribution < 1.29 is 8.81 Å². The van der Waals surface area contributed by atoms with E-state index in [1.165, 1.54) is 23.9 Å². The van der Waals surface area contributed by atoms with E-state index in [0.29, 0.717) is 5.22 Å². The minimum absolute atomic E-state index is 0.232. The number of nitrogens with two attached hydrogens (primary N) is 1. The summed E-state index contributed by atoms with van der Waals surface area (Å²) in [4.78, 5) is 5.05. The number of rotatable bonds is 3. The molecule has 0 unspecified atom stereocenters. The van der Waals surface area contributed by atoms with Gasteiger partial charge in [-0.15, -0.1) is 0 Å². The average Bonchev–Trinajstić information content (AvgIpc) is 2.66. The van der Waals surface area contributed by atoms with Gasteiger partial charge in [-0.1, -0.05) is 0 Å². The fourth-order valence-electron chi connectivity index (χ4n) is 1.44. The second kappa shape index (κ2) is 4.89. The fraction of sp³-hybridized carbons (Fsp3) is 0.250. The van der Waals surface area contributed by atoms with Crippen molar-refractivity contribution in [2.24, 2.45) is 5.73 Å². The molecule has 2 rings (SSSR count). The van der Waals surface area contributed by atoms with Crippen molar-refractivity contribution >= 4 is 11.8 Å². The molecule has 1 aromatic heterocycles. The number of halogens is 1. The zero-order valence-corrected chi connectivity index (χ0v) is 10.4. The number of benzene rings is 1. The lowest BCUT2D eigenvalue weighted by Gasteiger charge is -2.10. The highest BCUT2D eigenvalue weighted by Crippen LogP contribution is 2.32. The van der Waals surface area contributed by atoms with Crippen LogP contribution in [-0.4, -0.2) is 4.98 Å². The monoisotopic (exact) mass is 252 g/mol. The summed E-state index contributed by atoms with van der Waals surface area (Å²) in [5.74, 6) is -0.287. The van der Waals surface area contributed by atoms with Crippen LogP contribution in [0.25, 0.3) is 0 Å². The van der Waals surface area contributed by atoms with Crippen molar-refractivity contribution in [1.82, 2.24) is 4.98 Å². The second-order valence-electron chi connectivity index (χ2n) is 3.83. The molecule has 1 aromatic carbocycles. The minimum atomic E-state index is -0.287.